The van der Waals surface area contributed by atoms with Gasteiger partial charge in [0.1, 0.15) is 5.82 Å². The third-order valence-electron chi connectivity index (χ3n) is 2.84. The number of hydrogen-bond donors (Lipinski definition) is 1. The van der Waals surface area contributed by atoms with Crippen LogP contribution in [0.25, 0.3) is 0 Å². The molecular formula is C15H19N3. The molecule has 94 valence electrons. The second-order valence-corrected chi connectivity index (χ2v) is 4.35. The first-order valence-corrected chi connectivity index (χ1v) is 6.19. The molecule has 3 heteroatoms. The Kier molecular flexibility index (Phi) is 4.18. The van der Waals surface area contributed by atoms with Crippen molar-refractivity contribution in [1.29, 1.82) is 0 Å². The predicted octanol–water partition coefficient (Wildman–Crippen LogP) is 2.94. The fourth-order valence-electron chi connectivity index (χ4n) is 1.80. The number of aromatic nitrogens is 1. The van der Waals surface area contributed by atoms with Crippen LogP contribution in [-0.2, 0) is 0 Å². The molecule has 0 radical (unpaired) electrons. The molecule has 18 heavy (non-hydrogen) atoms. The molecule has 0 saturated heterocycles. The van der Waals surface area contributed by atoms with Crippen molar-refractivity contribution in [2.45, 2.75) is 6.92 Å². The summed E-state index contributed by atoms with van der Waals surface area (Å²) in [5.74, 6) is 0.941. The van der Waals surface area contributed by atoms with Gasteiger partial charge in [-0.1, -0.05) is 24.3 Å². The van der Waals surface area contributed by atoms with Gasteiger partial charge in [0.2, 0.25) is 0 Å². The van der Waals surface area contributed by atoms with Crippen LogP contribution in [-0.4, -0.2) is 25.1 Å². The number of anilines is 2. The topological polar surface area (TPSA) is 28.2 Å². The SMILES string of the molecule is Cc1cccc(NCCN(C)c2ccccc2)n1. The average Bonchev–Trinajstić information content (AvgIpc) is 2.40. The zero-order valence-corrected chi connectivity index (χ0v) is 10.9. The molecule has 0 aliphatic rings. The maximum atomic E-state index is 4.41. The molecule has 2 aromatic rings. The third kappa shape index (κ3) is 3.48. The molecular weight excluding hydrogens is 222 g/mol. The molecule has 1 aromatic heterocycles. The number of hydrogen-bond acceptors (Lipinski definition) is 3. The van der Waals surface area contributed by atoms with E-state index in [4.69, 9.17) is 0 Å². The van der Waals surface area contributed by atoms with Gasteiger partial charge in [-0.15, -0.1) is 0 Å². The number of benzene rings is 1. The molecule has 1 N–H and O–H groups in total. The fourth-order valence-corrected chi connectivity index (χ4v) is 1.80. The van der Waals surface area contributed by atoms with Gasteiger partial charge in [0.25, 0.3) is 0 Å². The number of rotatable bonds is 5. The molecule has 0 bridgehead atoms. The Morgan fingerprint density at radius 3 is 2.56 bits per heavy atom. The Morgan fingerprint density at radius 1 is 1.06 bits per heavy atom. The minimum Gasteiger partial charge on any atom is -0.373 e. The molecule has 0 atom stereocenters. The highest BCUT2D eigenvalue weighted by molar-refractivity contribution is 5.45. The molecule has 0 fully saturated rings. The molecule has 0 aliphatic carbocycles. The lowest BCUT2D eigenvalue weighted by atomic mass is 10.3. The average molecular weight is 241 g/mol. The summed E-state index contributed by atoms with van der Waals surface area (Å²) in [6, 6.07) is 16.4. The Hall–Kier alpha value is -2.03. The van der Waals surface area contributed by atoms with E-state index in [9.17, 15) is 0 Å². The first-order valence-electron chi connectivity index (χ1n) is 6.19. The quantitative estimate of drug-likeness (QED) is 0.872. The summed E-state index contributed by atoms with van der Waals surface area (Å²) in [7, 11) is 2.10. The van der Waals surface area contributed by atoms with Crippen molar-refractivity contribution in [3.63, 3.8) is 0 Å². The van der Waals surface area contributed by atoms with E-state index in [-0.39, 0.29) is 0 Å². The summed E-state index contributed by atoms with van der Waals surface area (Å²) in [5, 5.41) is 3.33. The van der Waals surface area contributed by atoms with E-state index in [1.807, 2.05) is 31.2 Å². The van der Waals surface area contributed by atoms with E-state index in [1.165, 1.54) is 5.69 Å². The van der Waals surface area contributed by atoms with Crippen molar-refractivity contribution in [3.05, 3.63) is 54.2 Å². The highest BCUT2D eigenvalue weighted by Crippen LogP contribution is 2.10. The van der Waals surface area contributed by atoms with Crippen molar-refractivity contribution in [2.24, 2.45) is 0 Å². The maximum Gasteiger partial charge on any atom is 0.126 e. The largest absolute Gasteiger partial charge is 0.373 e. The second-order valence-electron chi connectivity index (χ2n) is 4.35. The van der Waals surface area contributed by atoms with Gasteiger partial charge in [0, 0.05) is 31.5 Å². The highest BCUT2D eigenvalue weighted by atomic mass is 15.1. The zero-order valence-electron chi connectivity index (χ0n) is 10.9. The van der Waals surface area contributed by atoms with Crippen molar-refractivity contribution < 1.29 is 0 Å². The summed E-state index contributed by atoms with van der Waals surface area (Å²) >= 11 is 0. The van der Waals surface area contributed by atoms with Gasteiger partial charge in [-0.05, 0) is 31.2 Å². The number of nitrogens with zero attached hydrogens (tertiary/aromatic N) is 2. The summed E-state index contributed by atoms with van der Waals surface area (Å²) < 4.78 is 0. The van der Waals surface area contributed by atoms with E-state index >= 15 is 0 Å². The molecule has 0 aliphatic heterocycles. The van der Waals surface area contributed by atoms with Gasteiger partial charge in [-0.3, -0.25) is 0 Å². The standard InChI is InChI=1S/C15H19N3/c1-13-7-6-10-15(17-13)16-11-12-18(2)14-8-4-3-5-9-14/h3-10H,11-12H2,1-2H3,(H,16,17). The summed E-state index contributed by atoms with van der Waals surface area (Å²) in [6.45, 7) is 3.82. The van der Waals surface area contributed by atoms with Crippen molar-refractivity contribution in [1.82, 2.24) is 4.98 Å². The van der Waals surface area contributed by atoms with Gasteiger partial charge >= 0.3 is 0 Å². The highest BCUT2D eigenvalue weighted by Gasteiger charge is 1.99. The van der Waals surface area contributed by atoms with E-state index in [0.717, 1.165) is 24.6 Å². The summed E-state index contributed by atoms with van der Waals surface area (Å²) in [4.78, 5) is 6.64. The minimum absolute atomic E-state index is 0.877. The van der Waals surface area contributed by atoms with Gasteiger partial charge in [0.05, 0.1) is 0 Å². The van der Waals surface area contributed by atoms with Crippen molar-refractivity contribution >= 4 is 11.5 Å². The molecule has 2 rings (SSSR count). The van der Waals surface area contributed by atoms with Gasteiger partial charge < -0.3 is 10.2 Å². The molecule has 0 saturated carbocycles. The van der Waals surface area contributed by atoms with Crippen LogP contribution in [0.5, 0.6) is 0 Å². The number of likely N-dealkylation sites (N-methyl/N-ethyl adjacent to an activating group) is 1. The van der Waals surface area contributed by atoms with E-state index in [1.54, 1.807) is 0 Å². The fraction of sp³-hybridized carbons (Fsp3) is 0.267. The number of para-hydroxylation sites is 1. The van der Waals surface area contributed by atoms with E-state index < -0.39 is 0 Å². The van der Waals surface area contributed by atoms with Gasteiger partial charge in [-0.2, -0.15) is 0 Å². The summed E-state index contributed by atoms with van der Waals surface area (Å²) in [5.41, 5.74) is 2.27. The van der Waals surface area contributed by atoms with Gasteiger partial charge in [0.15, 0.2) is 0 Å². The van der Waals surface area contributed by atoms with Crippen LogP contribution in [0, 0.1) is 6.92 Å². The van der Waals surface area contributed by atoms with E-state index in [0.29, 0.717) is 0 Å². The summed E-state index contributed by atoms with van der Waals surface area (Å²) in [6.07, 6.45) is 0. The lowest BCUT2D eigenvalue weighted by molar-refractivity contribution is 0.909. The Bertz CT molecular complexity index is 482. The Morgan fingerprint density at radius 2 is 1.83 bits per heavy atom. The molecule has 0 amide bonds. The molecule has 3 nitrogen and oxygen atoms in total. The van der Waals surface area contributed by atoms with Crippen molar-refractivity contribution in [3.8, 4) is 0 Å². The van der Waals surface area contributed by atoms with Gasteiger partial charge in [-0.25, -0.2) is 4.98 Å². The molecule has 0 unspecified atom stereocenters. The number of pyridine rings is 1. The lowest BCUT2D eigenvalue weighted by Crippen LogP contribution is -2.24. The predicted molar refractivity (Wildman–Crippen MR) is 77.2 cm³/mol. The van der Waals surface area contributed by atoms with Crippen LogP contribution in [0.3, 0.4) is 0 Å². The van der Waals surface area contributed by atoms with Crippen molar-refractivity contribution in [2.75, 3.05) is 30.4 Å². The normalized spacial score (nSPS) is 10.1. The Balaban J connectivity index is 1.82. The second kappa shape index (κ2) is 6.05. The Labute approximate surface area is 108 Å². The van der Waals surface area contributed by atoms with Crippen LogP contribution < -0.4 is 10.2 Å². The first kappa shape index (κ1) is 12.4. The van der Waals surface area contributed by atoms with Crippen LogP contribution in [0.15, 0.2) is 48.5 Å². The monoisotopic (exact) mass is 241 g/mol. The van der Waals surface area contributed by atoms with Crippen LogP contribution in [0.4, 0.5) is 11.5 Å². The molecule has 1 heterocycles. The van der Waals surface area contributed by atoms with Crippen LogP contribution in [0.1, 0.15) is 5.69 Å². The molecule has 0 spiro atoms. The number of aryl methyl sites for hydroxylation is 1. The van der Waals surface area contributed by atoms with Crippen LogP contribution in [0.2, 0.25) is 0 Å². The van der Waals surface area contributed by atoms with E-state index in [2.05, 4.69) is 46.5 Å². The molecule has 1 aromatic carbocycles. The minimum atomic E-state index is 0.877. The van der Waals surface area contributed by atoms with Crippen LogP contribution >= 0.6 is 0 Å². The lowest BCUT2D eigenvalue weighted by Gasteiger charge is -2.19. The smallest absolute Gasteiger partial charge is 0.126 e. The first-order chi connectivity index (χ1) is 8.75. The maximum absolute atomic E-state index is 4.41. The zero-order chi connectivity index (χ0) is 12.8. The third-order valence-corrected chi connectivity index (χ3v) is 2.84. The number of nitrogens with one attached hydrogen (secondary N) is 1.